The molecule has 4 heteroatoms. The van der Waals surface area contributed by atoms with Gasteiger partial charge in [0.05, 0.1) is 6.04 Å². The lowest BCUT2D eigenvalue weighted by molar-refractivity contribution is 0.0396. The van der Waals surface area contributed by atoms with Crippen LogP contribution in [0, 0.1) is 20.8 Å². The van der Waals surface area contributed by atoms with Crippen LogP contribution in [0.2, 0.25) is 0 Å². The van der Waals surface area contributed by atoms with Crippen molar-refractivity contribution in [2.45, 2.75) is 65.5 Å². The predicted molar refractivity (Wildman–Crippen MR) is 138 cm³/mol. The minimum absolute atomic E-state index is 0.177. The summed E-state index contributed by atoms with van der Waals surface area (Å²) in [4.78, 5) is 7.97. The summed E-state index contributed by atoms with van der Waals surface area (Å²) >= 11 is 0. The molecule has 0 radical (unpaired) electrons. The van der Waals surface area contributed by atoms with Crippen molar-refractivity contribution >= 4 is 5.69 Å². The molecule has 0 spiro atoms. The Labute approximate surface area is 200 Å². The third-order valence-electron chi connectivity index (χ3n) is 8.31. The monoisotopic (exact) mass is 447 g/mol. The van der Waals surface area contributed by atoms with Crippen molar-refractivity contribution in [3.05, 3.63) is 58.1 Å². The van der Waals surface area contributed by atoms with Crippen molar-refractivity contribution in [3.8, 4) is 5.75 Å². The SMILES string of the molecule is Cc1c(C)c(N2CCN(CCc3ccccc3)CC2)c(C)c2c1OC(C)(C)C2N1CCCC1. The van der Waals surface area contributed by atoms with E-state index in [1.54, 1.807) is 0 Å². The fourth-order valence-corrected chi connectivity index (χ4v) is 6.48. The summed E-state index contributed by atoms with van der Waals surface area (Å²) in [6, 6.07) is 11.3. The quantitative estimate of drug-likeness (QED) is 0.620. The zero-order valence-electron chi connectivity index (χ0n) is 21.3. The maximum Gasteiger partial charge on any atom is 0.128 e. The van der Waals surface area contributed by atoms with Crippen LogP contribution in [-0.2, 0) is 6.42 Å². The van der Waals surface area contributed by atoms with E-state index < -0.39 is 0 Å². The van der Waals surface area contributed by atoms with E-state index in [2.05, 4.69) is 79.7 Å². The Hall–Kier alpha value is -2.04. The minimum atomic E-state index is -0.177. The lowest BCUT2D eigenvalue weighted by Gasteiger charge is -2.39. The number of likely N-dealkylation sites (tertiary alicyclic amines) is 1. The van der Waals surface area contributed by atoms with Crippen LogP contribution >= 0.6 is 0 Å². The van der Waals surface area contributed by atoms with E-state index in [1.807, 2.05) is 0 Å². The number of benzene rings is 2. The average molecular weight is 448 g/mol. The molecule has 0 aromatic heterocycles. The van der Waals surface area contributed by atoms with Gasteiger partial charge in [-0.3, -0.25) is 9.80 Å². The summed E-state index contributed by atoms with van der Waals surface area (Å²) in [5.41, 5.74) is 8.40. The molecule has 0 saturated carbocycles. The van der Waals surface area contributed by atoms with Gasteiger partial charge in [-0.15, -0.1) is 0 Å². The van der Waals surface area contributed by atoms with Crippen molar-refractivity contribution in [1.29, 1.82) is 0 Å². The lowest BCUT2D eigenvalue weighted by atomic mass is 9.87. The van der Waals surface area contributed by atoms with E-state index in [0.717, 1.165) is 44.9 Å². The molecule has 2 fully saturated rings. The average Bonchev–Trinajstić information content (AvgIpc) is 3.43. The second-order valence-corrected chi connectivity index (χ2v) is 10.9. The number of piperazine rings is 1. The topological polar surface area (TPSA) is 19.0 Å². The number of fused-ring (bicyclic) bond motifs is 1. The van der Waals surface area contributed by atoms with Gasteiger partial charge in [0.1, 0.15) is 11.4 Å². The summed E-state index contributed by atoms with van der Waals surface area (Å²) < 4.78 is 6.68. The Kier molecular flexibility index (Phi) is 6.17. The first kappa shape index (κ1) is 22.7. The zero-order valence-corrected chi connectivity index (χ0v) is 21.3. The fraction of sp³-hybridized carbons (Fsp3) is 0.586. The number of hydrogen-bond donors (Lipinski definition) is 0. The first-order valence-corrected chi connectivity index (χ1v) is 12.9. The molecule has 0 N–H and O–H groups in total. The molecular weight excluding hydrogens is 406 g/mol. The summed E-state index contributed by atoms with van der Waals surface area (Å²) in [5.74, 6) is 1.16. The molecule has 0 aliphatic carbocycles. The van der Waals surface area contributed by atoms with Crippen LogP contribution in [0.4, 0.5) is 5.69 Å². The first-order chi connectivity index (χ1) is 15.9. The van der Waals surface area contributed by atoms with Gasteiger partial charge in [-0.25, -0.2) is 0 Å². The van der Waals surface area contributed by atoms with Crippen LogP contribution in [0.5, 0.6) is 5.75 Å². The van der Waals surface area contributed by atoms with Crippen LogP contribution in [-0.4, -0.2) is 61.2 Å². The number of rotatable bonds is 5. The first-order valence-electron chi connectivity index (χ1n) is 12.9. The highest BCUT2D eigenvalue weighted by atomic mass is 16.5. The van der Waals surface area contributed by atoms with Gasteiger partial charge in [-0.1, -0.05) is 30.3 Å². The molecule has 178 valence electrons. The van der Waals surface area contributed by atoms with Gasteiger partial charge in [0, 0.05) is 44.0 Å². The molecular formula is C29H41N3O. The van der Waals surface area contributed by atoms with Gasteiger partial charge < -0.3 is 9.64 Å². The second kappa shape index (κ2) is 8.96. The number of anilines is 1. The minimum Gasteiger partial charge on any atom is -0.485 e. The molecule has 5 rings (SSSR count). The molecule has 33 heavy (non-hydrogen) atoms. The van der Waals surface area contributed by atoms with Crippen LogP contribution in [0.25, 0.3) is 0 Å². The fourth-order valence-electron chi connectivity index (χ4n) is 6.48. The smallest absolute Gasteiger partial charge is 0.128 e. The van der Waals surface area contributed by atoms with Gasteiger partial charge >= 0.3 is 0 Å². The van der Waals surface area contributed by atoms with E-state index in [4.69, 9.17) is 4.74 Å². The van der Waals surface area contributed by atoms with E-state index in [-0.39, 0.29) is 5.60 Å². The molecule has 1 atom stereocenters. The molecule has 3 aliphatic rings. The second-order valence-electron chi connectivity index (χ2n) is 10.9. The van der Waals surface area contributed by atoms with E-state index >= 15 is 0 Å². The maximum atomic E-state index is 6.68. The van der Waals surface area contributed by atoms with Crippen molar-refractivity contribution in [2.75, 3.05) is 50.7 Å². The molecule has 2 aromatic rings. The Morgan fingerprint density at radius 2 is 1.52 bits per heavy atom. The van der Waals surface area contributed by atoms with Crippen LogP contribution in [0.3, 0.4) is 0 Å². The van der Waals surface area contributed by atoms with Gasteiger partial charge in [0.15, 0.2) is 0 Å². The van der Waals surface area contributed by atoms with Crippen LogP contribution < -0.4 is 9.64 Å². The number of nitrogens with zero attached hydrogens (tertiary/aromatic N) is 3. The highest BCUT2D eigenvalue weighted by Crippen LogP contribution is 2.53. The Morgan fingerprint density at radius 1 is 0.848 bits per heavy atom. The summed E-state index contributed by atoms with van der Waals surface area (Å²) in [6.45, 7) is 19.5. The maximum absolute atomic E-state index is 6.68. The highest BCUT2D eigenvalue weighted by Gasteiger charge is 2.47. The van der Waals surface area contributed by atoms with E-state index in [9.17, 15) is 0 Å². The number of ether oxygens (including phenoxy) is 1. The zero-order chi connectivity index (χ0) is 23.2. The van der Waals surface area contributed by atoms with E-state index in [1.165, 1.54) is 59.4 Å². The number of hydrogen-bond acceptors (Lipinski definition) is 4. The normalized spacial score (nSPS) is 23.1. The Balaban J connectivity index is 1.37. The van der Waals surface area contributed by atoms with Crippen LogP contribution in [0.15, 0.2) is 30.3 Å². The molecule has 4 nitrogen and oxygen atoms in total. The molecule has 3 aliphatic heterocycles. The standard InChI is InChI=1S/C29H41N3O/c1-21-22(2)27-25(28(29(4,5)33-27)32-14-9-10-15-32)23(3)26(21)31-19-17-30(18-20-31)16-13-24-11-7-6-8-12-24/h6-8,11-12,28H,9-10,13-20H2,1-5H3. The third kappa shape index (κ3) is 4.17. The van der Waals surface area contributed by atoms with Crippen molar-refractivity contribution in [2.24, 2.45) is 0 Å². The molecule has 1 unspecified atom stereocenters. The van der Waals surface area contributed by atoms with Gasteiger partial charge in [0.2, 0.25) is 0 Å². The lowest BCUT2D eigenvalue weighted by Crippen LogP contribution is -2.47. The largest absolute Gasteiger partial charge is 0.485 e. The summed E-state index contributed by atoms with van der Waals surface area (Å²) in [7, 11) is 0. The van der Waals surface area contributed by atoms with Crippen LogP contribution in [0.1, 0.15) is 60.5 Å². The molecule has 3 heterocycles. The Bertz CT molecular complexity index is 986. The highest BCUT2D eigenvalue weighted by molar-refractivity contribution is 5.71. The molecule has 0 bridgehead atoms. The van der Waals surface area contributed by atoms with Crippen molar-refractivity contribution < 1.29 is 4.74 Å². The molecule has 0 amide bonds. The van der Waals surface area contributed by atoms with Gasteiger partial charge in [0.25, 0.3) is 0 Å². The third-order valence-corrected chi connectivity index (χ3v) is 8.31. The summed E-state index contributed by atoms with van der Waals surface area (Å²) in [5, 5.41) is 0. The van der Waals surface area contributed by atoms with E-state index in [0.29, 0.717) is 6.04 Å². The van der Waals surface area contributed by atoms with Crippen molar-refractivity contribution in [1.82, 2.24) is 9.80 Å². The molecule has 2 aromatic carbocycles. The predicted octanol–water partition coefficient (Wildman–Crippen LogP) is 5.28. The Morgan fingerprint density at radius 3 is 2.18 bits per heavy atom. The molecule has 2 saturated heterocycles. The van der Waals surface area contributed by atoms with Gasteiger partial charge in [-0.2, -0.15) is 0 Å². The summed E-state index contributed by atoms with van der Waals surface area (Å²) in [6.07, 6.45) is 3.76. The van der Waals surface area contributed by atoms with Crippen molar-refractivity contribution in [3.63, 3.8) is 0 Å². The van der Waals surface area contributed by atoms with Gasteiger partial charge in [-0.05, 0) is 89.2 Å².